The molecule has 0 spiro atoms. The first-order valence-corrected chi connectivity index (χ1v) is 19.4. The highest BCUT2D eigenvalue weighted by Crippen LogP contribution is 2.41. The van der Waals surface area contributed by atoms with Crippen molar-refractivity contribution in [1.82, 2.24) is 9.97 Å². The van der Waals surface area contributed by atoms with Crippen LogP contribution in [-0.2, 0) is 39.7 Å². The highest BCUT2D eigenvalue weighted by Gasteiger charge is 2.38. The molecule has 1 heterocycles. The Morgan fingerprint density at radius 1 is 0.875 bits per heavy atom. The summed E-state index contributed by atoms with van der Waals surface area (Å²) in [4.78, 5) is 22.6. The topological polar surface area (TPSA) is 113 Å². The fraction of sp³-hybridized carbons (Fsp3) is 0.528. The van der Waals surface area contributed by atoms with E-state index in [0.29, 0.717) is 56.6 Å². The molecule has 1 saturated carbocycles. The van der Waals surface area contributed by atoms with E-state index in [1.165, 1.54) is 17.9 Å². The second kappa shape index (κ2) is 18.5. The molecule has 4 rings (SSSR count). The first-order valence-electron chi connectivity index (χ1n) is 17.3. The molecule has 0 amide bonds. The molecule has 1 N–H and O–H groups in total. The Bertz CT molecular complexity index is 1860. The van der Waals surface area contributed by atoms with Gasteiger partial charge in [-0.15, -0.1) is 12.4 Å². The zero-order valence-electron chi connectivity index (χ0n) is 30.5. The number of aromatic nitrogens is 2. The molecule has 9 nitrogen and oxygen atoms in total. The van der Waals surface area contributed by atoms with Crippen LogP contribution in [0.3, 0.4) is 0 Å². The Morgan fingerprint density at radius 2 is 1.41 bits per heavy atom. The highest BCUT2D eigenvalue weighted by molar-refractivity contribution is 7.90. The summed E-state index contributed by atoms with van der Waals surface area (Å²) in [7, 11) is -3.40. The molecular formula is C36H42ClF9N4O5S. The van der Waals surface area contributed by atoms with Gasteiger partial charge in [-0.3, -0.25) is 4.79 Å². The van der Waals surface area contributed by atoms with Crippen molar-refractivity contribution < 1.29 is 62.6 Å². The number of aliphatic carboxylic acids is 1. The number of anilines is 2. The molecule has 0 bridgehead atoms. The Kier molecular flexibility index (Phi) is 15.3. The summed E-state index contributed by atoms with van der Waals surface area (Å²) in [6.07, 6.45) is -9.27. The molecule has 1 aliphatic rings. The molecule has 2 aromatic carbocycles. The van der Waals surface area contributed by atoms with Gasteiger partial charge >= 0.3 is 24.5 Å². The van der Waals surface area contributed by atoms with Crippen LogP contribution in [-0.4, -0.2) is 61.2 Å². The molecule has 1 fully saturated rings. The third kappa shape index (κ3) is 13.0. The van der Waals surface area contributed by atoms with E-state index >= 15 is 0 Å². The number of carboxylic acids is 1. The lowest BCUT2D eigenvalue weighted by atomic mass is 9.80. The predicted molar refractivity (Wildman–Crippen MR) is 193 cm³/mol. The second-order valence-electron chi connectivity index (χ2n) is 13.7. The fourth-order valence-electron chi connectivity index (χ4n) is 6.58. The summed E-state index contributed by atoms with van der Waals surface area (Å²) in [5, 5.41) is 9.19. The Labute approximate surface area is 324 Å². The van der Waals surface area contributed by atoms with Crippen molar-refractivity contribution in [1.29, 1.82) is 0 Å². The number of hydrogen-bond acceptors (Lipinski definition) is 8. The SMILES string of the molecule is CCN(C[C@H]1CC[C@H](CC(=O)O)CC1)c1ccc(C(F)(F)F)cc1CN(c1ncc(OCCS(C)(=O)=O)cn1)[C@@H](C)c1cc(C(F)(F)F)cc(C(F)(F)F)c1.Cl. The molecule has 1 atom stereocenters. The smallest absolute Gasteiger partial charge is 0.416 e. The quantitative estimate of drug-likeness (QED) is 0.150. The van der Waals surface area contributed by atoms with Crippen LogP contribution < -0.4 is 14.5 Å². The van der Waals surface area contributed by atoms with Crippen molar-refractivity contribution in [3.8, 4) is 5.75 Å². The molecule has 0 aliphatic heterocycles. The van der Waals surface area contributed by atoms with Crippen molar-refractivity contribution in [2.45, 2.75) is 77.1 Å². The third-order valence-corrected chi connectivity index (χ3v) is 10.4. The van der Waals surface area contributed by atoms with E-state index in [4.69, 9.17) is 4.74 Å². The Hall–Kier alpha value is -4.00. The summed E-state index contributed by atoms with van der Waals surface area (Å²) in [6, 6.07) is 2.68. The van der Waals surface area contributed by atoms with Crippen molar-refractivity contribution in [3.05, 3.63) is 76.6 Å². The molecule has 3 aromatic rings. The minimum Gasteiger partial charge on any atom is -0.489 e. The van der Waals surface area contributed by atoms with Crippen LogP contribution in [0, 0.1) is 11.8 Å². The van der Waals surface area contributed by atoms with E-state index in [2.05, 4.69) is 9.97 Å². The van der Waals surface area contributed by atoms with Crippen molar-refractivity contribution in [3.63, 3.8) is 0 Å². The number of nitrogens with zero attached hydrogens (tertiary/aromatic N) is 4. The van der Waals surface area contributed by atoms with Crippen molar-refractivity contribution >= 4 is 39.8 Å². The normalized spacial score (nSPS) is 17.1. The lowest BCUT2D eigenvalue weighted by Crippen LogP contribution is -2.34. The van der Waals surface area contributed by atoms with E-state index < -0.39 is 69.2 Å². The molecule has 1 aliphatic carbocycles. The number of rotatable bonds is 15. The van der Waals surface area contributed by atoms with E-state index in [9.17, 15) is 57.8 Å². The molecular weight excluding hydrogens is 807 g/mol. The number of alkyl halides is 9. The van der Waals surface area contributed by atoms with Crippen molar-refractivity contribution in [2.75, 3.05) is 41.5 Å². The van der Waals surface area contributed by atoms with Crippen LogP contribution in [0.2, 0.25) is 0 Å². The van der Waals surface area contributed by atoms with Gasteiger partial charge in [-0.1, -0.05) is 0 Å². The van der Waals surface area contributed by atoms with E-state index in [-0.39, 0.29) is 66.4 Å². The largest absolute Gasteiger partial charge is 0.489 e. The maximum atomic E-state index is 14.1. The van der Waals surface area contributed by atoms with Gasteiger partial charge in [-0.25, -0.2) is 18.4 Å². The number of carboxylic acid groups (broad SMARTS) is 1. The maximum Gasteiger partial charge on any atom is 0.416 e. The van der Waals surface area contributed by atoms with Gasteiger partial charge < -0.3 is 19.6 Å². The maximum absolute atomic E-state index is 14.1. The summed E-state index contributed by atoms with van der Waals surface area (Å²) in [5.41, 5.74) is -4.33. The molecule has 312 valence electrons. The van der Waals surface area contributed by atoms with Gasteiger partial charge in [0.2, 0.25) is 5.95 Å². The minimum atomic E-state index is -5.18. The Morgan fingerprint density at radius 3 is 1.89 bits per heavy atom. The molecule has 1 aromatic heterocycles. The van der Waals surface area contributed by atoms with Gasteiger partial charge in [0.05, 0.1) is 40.9 Å². The number of ether oxygens (including phenoxy) is 1. The van der Waals surface area contributed by atoms with Crippen LogP contribution in [0.15, 0.2) is 48.8 Å². The number of hydrogen-bond donors (Lipinski definition) is 1. The lowest BCUT2D eigenvalue weighted by Gasteiger charge is -2.36. The average Bonchev–Trinajstić information content (AvgIpc) is 3.08. The first kappa shape index (κ1) is 46.4. The van der Waals surface area contributed by atoms with Crippen LogP contribution in [0.5, 0.6) is 5.75 Å². The van der Waals surface area contributed by atoms with Crippen LogP contribution in [0.1, 0.15) is 79.8 Å². The van der Waals surface area contributed by atoms with Gasteiger partial charge in [-0.05, 0) is 98.9 Å². The van der Waals surface area contributed by atoms with Gasteiger partial charge in [0, 0.05) is 38.0 Å². The van der Waals surface area contributed by atoms with E-state index in [1.54, 1.807) is 6.92 Å². The minimum absolute atomic E-state index is 0. The monoisotopic (exact) mass is 848 g/mol. The number of sulfone groups is 1. The van der Waals surface area contributed by atoms with Gasteiger partial charge in [0.25, 0.3) is 0 Å². The Balaban J connectivity index is 0.00000841. The zero-order valence-corrected chi connectivity index (χ0v) is 32.1. The number of carbonyl (C=O) groups is 1. The lowest BCUT2D eigenvalue weighted by molar-refractivity contribution is -0.143. The van der Waals surface area contributed by atoms with Crippen LogP contribution in [0.25, 0.3) is 0 Å². The summed E-state index contributed by atoms with van der Waals surface area (Å²) in [5.74, 6) is -1.48. The van der Waals surface area contributed by atoms with Gasteiger partial charge in [0.1, 0.15) is 6.61 Å². The predicted octanol–water partition coefficient (Wildman–Crippen LogP) is 9.25. The fourth-order valence-corrected chi connectivity index (χ4v) is 6.97. The van der Waals surface area contributed by atoms with Crippen LogP contribution in [0.4, 0.5) is 51.1 Å². The third-order valence-electron chi connectivity index (χ3n) is 9.53. The van der Waals surface area contributed by atoms with Gasteiger partial charge in [0.15, 0.2) is 15.6 Å². The van der Waals surface area contributed by atoms with Gasteiger partial charge in [-0.2, -0.15) is 39.5 Å². The van der Waals surface area contributed by atoms with E-state index in [1.807, 2.05) is 4.90 Å². The summed E-state index contributed by atoms with van der Waals surface area (Å²) >= 11 is 0. The van der Waals surface area contributed by atoms with Crippen molar-refractivity contribution in [2.24, 2.45) is 11.8 Å². The van der Waals surface area contributed by atoms with Crippen LogP contribution >= 0.6 is 12.4 Å². The average molecular weight is 849 g/mol. The second-order valence-corrected chi connectivity index (χ2v) is 16.0. The molecule has 0 unspecified atom stereocenters. The summed E-state index contributed by atoms with van der Waals surface area (Å²) < 4.78 is 154. The molecule has 56 heavy (non-hydrogen) atoms. The summed E-state index contributed by atoms with van der Waals surface area (Å²) in [6.45, 7) is 2.98. The first-order chi connectivity index (χ1) is 25.4. The molecule has 0 radical (unpaired) electrons. The molecule has 0 saturated heterocycles. The highest BCUT2D eigenvalue weighted by atomic mass is 35.5. The zero-order chi connectivity index (χ0) is 40.9. The molecule has 20 heteroatoms. The standard InChI is InChI=1S/C36H41F9N4O5S.ClH/c1-4-48(20-24-7-5-23(6-8-24)13-32(50)51)31-10-9-27(34(37,38)39)16-26(31)21-49(33-46-18-30(19-47-33)54-11-12-55(3,52)53)22(2)25-14-28(35(40,41)42)17-29(15-25)36(43,44)45;/h9-10,14-19,22-24H,4-8,11-13,20-21H2,1-3H3,(H,50,51);1H/t22-,23-,24-;/m0./s1. The number of halogens is 10. The number of benzene rings is 2. The van der Waals surface area contributed by atoms with E-state index in [0.717, 1.165) is 30.8 Å².